The lowest BCUT2D eigenvalue weighted by Crippen LogP contribution is -2.41. The molecule has 1 aromatic heterocycles. The number of pyridine rings is 1. The molecule has 1 aliphatic heterocycles. The van der Waals surface area contributed by atoms with Crippen molar-refractivity contribution in [3.8, 4) is 6.07 Å². The van der Waals surface area contributed by atoms with Gasteiger partial charge in [-0.25, -0.2) is 13.4 Å². The van der Waals surface area contributed by atoms with Crippen LogP contribution >= 0.6 is 0 Å². The van der Waals surface area contributed by atoms with Gasteiger partial charge in [-0.2, -0.15) is 5.26 Å². The van der Waals surface area contributed by atoms with E-state index >= 15 is 0 Å². The summed E-state index contributed by atoms with van der Waals surface area (Å²) in [4.78, 5) is 19.4. The van der Waals surface area contributed by atoms with Crippen LogP contribution in [0, 0.1) is 17.2 Å². The van der Waals surface area contributed by atoms with Crippen molar-refractivity contribution in [3.05, 3.63) is 53.7 Å². The van der Waals surface area contributed by atoms with Gasteiger partial charge in [0.05, 0.1) is 16.5 Å². The van der Waals surface area contributed by atoms with E-state index in [9.17, 15) is 13.2 Å². The minimum absolute atomic E-state index is 0.0112. The second-order valence-electron chi connectivity index (χ2n) is 7.35. The summed E-state index contributed by atoms with van der Waals surface area (Å²) in [5.41, 5.74) is 1.39. The van der Waals surface area contributed by atoms with Crippen LogP contribution < -0.4 is 10.2 Å². The molecular weight excluding hydrogens is 388 g/mol. The molecule has 1 N–H and O–H groups in total. The molecule has 1 atom stereocenters. The van der Waals surface area contributed by atoms with Crippen molar-refractivity contribution in [2.24, 2.45) is 5.92 Å². The molecule has 0 radical (unpaired) electrons. The number of carbonyl (C=O) groups is 1. The fraction of sp³-hybridized carbons (Fsp3) is 0.381. The maximum absolute atomic E-state index is 12.7. The minimum atomic E-state index is -3.23. The van der Waals surface area contributed by atoms with Gasteiger partial charge < -0.3 is 10.2 Å². The average molecular weight is 413 g/mol. The summed E-state index contributed by atoms with van der Waals surface area (Å²) in [6.45, 7) is 3.35. The number of amides is 1. The van der Waals surface area contributed by atoms with E-state index in [1.165, 1.54) is 6.26 Å². The van der Waals surface area contributed by atoms with Crippen LogP contribution in [0.2, 0.25) is 0 Å². The predicted octanol–water partition coefficient (Wildman–Crippen LogP) is 2.45. The number of anilines is 1. The van der Waals surface area contributed by atoms with Crippen LogP contribution in [0.15, 0.2) is 47.5 Å². The zero-order chi connectivity index (χ0) is 21.0. The Morgan fingerprint density at radius 1 is 1.21 bits per heavy atom. The smallest absolute Gasteiger partial charge is 0.223 e. The molecule has 1 amide bonds. The quantitative estimate of drug-likeness (QED) is 0.809. The Labute approximate surface area is 171 Å². The lowest BCUT2D eigenvalue weighted by atomic mass is 9.95. The molecule has 7 nitrogen and oxygen atoms in total. The number of rotatable bonds is 5. The van der Waals surface area contributed by atoms with Crippen LogP contribution in [-0.4, -0.2) is 38.7 Å². The molecule has 152 valence electrons. The molecule has 1 saturated heterocycles. The van der Waals surface area contributed by atoms with E-state index in [0.717, 1.165) is 37.3 Å². The van der Waals surface area contributed by atoms with E-state index < -0.39 is 9.84 Å². The molecule has 1 fully saturated rings. The monoisotopic (exact) mass is 412 g/mol. The van der Waals surface area contributed by atoms with Gasteiger partial charge in [0.1, 0.15) is 11.9 Å². The normalized spacial score (nSPS) is 16.1. The summed E-state index contributed by atoms with van der Waals surface area (Å²) >= 11 is 0. The number of carbonyl (C=O) groups excluding carboxylic acids is 1. The Kier molecular flexibility index (Phi) is 6.18. The van der Waals surface area contributed by atoms with Crippen molar-refractivity contribution in [1.29, 1.82) is 5.26 Å². The number of nitrogens with zero attached hydrogens (tertiary/aromatic N) is 3. The van der Waals surface area contributed by atoms with Crippen molar-refractivity contribution in [1.82, 2.24) is 10.3 Å². The Bertz CT molecular complexity index is 1000. The summed E-state index contributed by atoms with van der Waals surface area (Å²) in [5.74, 6) is 0.765. The second-order valence-corrected chi connectivity index (χ2v) is 9.37. The molecule has 0 aliphatic carbocycles. The first-order valence-electron chi connectivity index (χ1n) is 9.49. The van der Waals surface area contributed by atoms with Gasteiger partial charge in [-0.3, -0.25) is 4.79 Å². The standard InChI is InChI=1S/C21H24N4O3S/c1-15(17-4-6-19(7-5-17)29(2,27)28)24-21(26)18-9-11-25(12-10-18)20-8-3-16(13-22)14-23-20/h3-8,14-15,18H,9-12H2,1-2H3,(H,24,26). The summed E-state index contributed by atoms with van der Waals surface area (Å²) in [6, 6.07) is 12.0. The molecule has 1 aliphatic rings. The number of piperidine rings is 1. The lowest BCUT2D eigenvalue weighted by Gasteiger charge is -2.32. The highest BCUT2D eigenvalue weighted by molar-refractivity contribution is 7.90. The van der Waals surface area contributed by atoms with Crippen molar-refractivity contribution < 1.29 is 13.2 Å². The van der Waals surface area contributed by atoms with E-state index in [1.54, 1.807) is 36.5 Å². The van der Waals surface area contributed by atoms with Gasteiger partial charge in [0, 0.05) is 31.5 Å². The zero-order valence-electron chi connectivity index (χ0n) is 16.5. The number of hydrogen-bond donors (Lipinski definition) is 1. The van der Waals surface area contributed by atoms with Crippen LogP contribution in [0.4, 0.5) is 5.82 Å². The molecule has 2 heterocycles. The van der Waals surface area contributed by atoms with Crippen LogP contribution in [0.1, 0.15) is 36.9 Å². The van der Waals surface area contributed by atoms with Gasteiger partial charge in [0.25, 0.3) is 0 Å². The molecular formula is C21H24N4O3S. The number of benzene rings is 1. The predicted molar refractivity (Wildman–Crippen MR) is 110 cm³/mol. The van der Waals surface area contributed by atoms with Gasteiger partial charge >= 0.3 is 0 Å². The summed E-state index contributed by atoms with van der Waals surface area (Å²) in [6.07, 6.45) is 4.19. The fourth-order valence-corrected chi connectivity index (χ4v) is 4.06. The topological polar surface area (TPSA) is 103 Å². The highest BCUT2D eigenvalue weighted by atomic mass is 32.2. The van der Waals surface area contributed by atoms with E-state index in [4.69, 9.17) is 5.26 Å². The van der Waals surface area contributed by atoms with Crippen LogP contribution in [0.25, 0.3) is 0 Å². The number of hydrogen-bond acceptors (Lipinski definition) is 6. The largest absolute Gasteiger partial charge is 0.357 e. The molecule has 8 heteroatoms. The Morgan fingerprint density at radius 3 is 2.38 bits per heavy atom. The lowest BCUT2D eigenvalue weighted by molar-refractivity contribution is -0.126. The molecule has 3 rings (SSSR count). The number of nitrogens with one attached hydrogen (secondary N) is 1. The number of nitriles is 1. The first-order chi connectivity index (χ1) is 13.8. The maximum atomic E-state index is 12.7. The Balaban J connectivity index is 1.54. The Hall–Kier alpha value is -2.92. The molecule has 0 bridgehead atoms. The van der Waals surface area contributed by atoms with Crippen molar-refractivity contribution in [3.63, 3.8) is 0 Å². The van der Waals surface area contributed by atoms with Gasteiger partial charge in [0.2, 0.25) is 5.91 Å². The third kappa shape index (κ3) is 5.12. The van der Waals surface area contributed by atoms with Crippen molar-refractivity contribution in [2.75, 3.05) is 24.2 Å². The third-order valence-electron chi connectivity index (χ3n) is 5.23. The molecule has 1 aromatic carbocycles. The highest BCUT2D eigenvalue weighted by Gasteiger charge is 2.26. The zero-order valence-corrected chi connectivity index (χ0v) is 17.3. The van der Waals surface area contributed by atoms with E-state index in [0.29, 0.717) is 5.56 Å². The van der Waals surface area contributed by atoms with E-state index in [1.807, 2.05) is 13.0 Å². The van der Waals surface area contributed by atoms with Crippen LogP contribution in [-0.2, 0) is 14.6 Å². The van der Waals surface area contributed by atoms with Crippen molar-refractivity contribution in [2.45, 2.75) is 30.7 Å². The second kappa shape index (κ2) is 8.62. The molecule has 0 saturated carbocycles. The fourth-order valence-electron chi connectivity index (χ4n) is 3.43. The summed E-state index contributed by atoms with van der Waals surface area (Å²) in [5, 5.41) is 11.9. The number of aromatic nitrogens is 1. The van der Waals surface area contributed by atoms with Gasteiger partial charge in [-0.05, 0) is 49.6 Å². The SMILES string of the molecule is CC(NC(=O)C1CCN(c2ccc(C#N)cn2)CC1)c1ccc(S(C)(=O)=O)cc1. The van der Waals surface area contributed by atoms with E-state index in [2.05, 4.69) is 21.3 Å². The molecule has 2 aromatic rings. The first kappa shape index (κ1) is 20.8. The average Bonchev–Trinajstić information content (AvgIpc) is 2.73. The molecule has 1 unspecified atom stereocenters. The van der Waals surface area contributed by atoms with Crippen LogP contribution in [0.3, 0.4) is 0 Å². The van der Waals surface area contributed by atoms with Gasteiger partial charge in [-0.1, -0.05) is 12.1 Å². The summed E-state index contributed by atoms with van der Waals surface area (Å²) < 4.78 is 23.1. The van der Waals surface area contributed by atoms with Gasteiger partial charge in [0.15, 0.2) is 9.84 Å². The number of sulfone groups is 1. The summed E-state index contributed by atoms with van der Waals surface area (Å²) in [7, 11) is -3.23. The van der Waals surface area contributed by atoms with Crippen molar-refractivity contribution >= 4 is 21.6 Å². The molecule has 29 heavy (non-hydrogen) atoms. The molecule has 0 spiro atoms. The van der Waals surface area contributed by atoms with Gasteiger partial charge in [-0.15, -0.1) is 0 Å². The first-order valence-corrected chi connectivity index (χ1v) is 11.4. The third-order valence-corrected chi connectivity index (χ3v) is 6.36. The maximum Gasteiger partial charge on any atom is 0.223 e. The van der Waals surface area contributed by atoms with Crippen LogP contribution in [0.5, 0.6) is 0 Å². The Morgan fingerprint density at radius 2 is 1.86 bits per heavy atom. The highest BCUT2D eigenvalue weighted by Crippen LogP contribution is 2.23. The van der Waals surface area contributed by atoms with E-state index in [-0.39, 0.29) is 22.8 Å². The minimum Gasteiger partial charge on any atom is -0.357 e.